The maximum Gasteiger partial charge on any atom is 0.238 e. The zero-order valence-corrected chi connectivity index (χ0v) is 15.2. The van der Waals surface area contributed by atoms with Crippen molar-refractivity contribution in [1.29, 1.82) is 0 Å². The molecule has 1 aliphatic heterocycles. The van der Waals surface area contributed by atoms with Crippen LogP contribution in [-0.2, 0) is 16.1 Å². The quantitative estimate of drug-likeness (QED) is 0.823. The third kappa shape index (κ3) is 5.89. The minimum absolute atomic E-state index is 0.0210. The standard InChI is InChI=1S/C21H24FN3O2/c22-18-8-6-16(7-9-18)14-23-21(27)17-10-12-25(13-11-17)15-20(26)24-19-4-2-1-3-5-19/h1-9,17H,10-15H2,(H,23,27)(H,24,26). The van der Waals surface area contributed by atoms with Crippen LogP contribution in [0.5, 0.6) is 0 Å². The molecule has 2 aromatic rings. The van der Waals surface area contributed by atoms with Crippen LogP contribution in [0.2, 0.25) is 0 Å². The van der Waals surface area contributed by atoms with Gasteiger partial charge in [0.05, 0.1) is 6.54 Å². The normalized spacial score (nSPS) is 15.3. The molecule has 2 amide bonds. The number of hydrogen-bond donors (Lipinski definition) is 2. The lowest BCUT2D eigenvalue weighted by Crippen LogP contribution is -2.43. The van der Waals surface area contributed by atoms with Crippen molar-refractivity contribution >= 4 is 17.5 Å². The topological polar surface area (TPSA) is 61.4 Å². The number of halogens is 1. The molecule has 0 bridgehead atoms. The first-order chi connectivity index (χ1) is 13.1. The van der Waals surface area contributed by atoms with Crippen molar-refractivity contribution < 1.29 is 14.0 Å². The molecular formula is C21H24FN3O2. The Morgan fingerprint density at radius 1 is 1.00 bits per heavy atom. The van der Waals surface area contributed by atoms with Gasteiger partial charge in [-0.15, -0.1) is 0 Å². The van der Waals surface area contributed by atoms with Crippen molar-refractivity contribution in [1.82, 2.24) is 10.2 Å². The van der Waals surface area contributed by atoms with Crippen molar-refractivity contribution in [2.24, 2.45) is 5.92 Å². The second-order valence-electron chi connectivity index (χ2n) is 6.81. The van der Waals surface area contributed by atoms with Gasteiger partial charge in [-0.05, 0) is 55.8 Å². The third-order valence-corrected chi connectivity index (χ3v) is 4.76. The van der Waals surface area contributed by atoms with Crippen LogP contribution in [0.1, 0.15) is 18.4 Å². The Labute approximate surface area is 158 Å². The highest BCUT2D eigenvalue weighted by molar-refractivity contribution is 5.92. The molecule has 5 nitrogen and oxygen atoms in total. The first-order valence-corrected chi connectivity index (χ1v) is 9.19. The lowest BCUT2D eigenvalue weighted by molar-refractivity contribution is -0.126. The van der Waals surface area contributed by atoms with Crippen LogP contribution in [0.25, 0.3) is 0 Å². The minimum Gasteiger partial charge on any atom is -0.352 e. The van der Waals surface area contributed by atoms with Gasteiger partial charge in [-0.2, -0.15) is 0 Å². The molecule has 1 fully saturated rings. The maximum absolute atomic E-state index is 12.9. The van der Waals surface area contributed by atoms with Gasteiger partial charge in [0, 0.05) is 18.2 Å². The van der Waals surface area contributed by atoms with Crippen LogP contribution < -0.4 is 10.6 Å². The van der Waals surface area contributed by atoms with Crippen LogP contribution in [-0.4, -0.2) is 36.3 Å². The van der Waals surface area contributed by atoms with E-state index in [-0.39, 0.29) is 23.5 Å². The number of nitrogens with zero attached hydrogens (tertiary/aromatic N) is 1. The van der Waals surface area contributed by atoms with E-state index >= 15 is 0 Å². The summed E-state index contributed by atoms with van der Waals surface area (Å²) in [6, 6.07) is 15.5. The van der Waals surface area contributed by atoms with E-state index in [9.17, 15) is 14.0 Å². The van der Waals surface area contributed by atoms with Gasteiger partial charge in [0.2, 0.25) is 11.8 Å². The number of likely N-dealkylation sites (tertiary alicyclic amines) is 1. The van der Waals surface area contributed by atoms with Gasteiger partial charge < -0.3 is 10.6 Å². The molecule has 0 saturated carbocycles. The SMILES string of the molecule is O=C(CN1CCC(C(=O)NCc2ccc(F)cc2)CC1)Nc1ccccc1. The number of piperidine rings is 1. The van der Waals surface area contributed by atoms with Crippen LogP contribution in [0.3, 0.4) is 0 Å². The van der Waals surface area contributed by atoms with Gasteiger partial charge >= 0.3 is 0 Å². The van der Waals surface area contributed by atoms with E-state index in [0.29, 0.717) is 13.1 Å². The summed E-state index contributed by atoms with van der Waals surface area (Å²) >= 11 is 0. The molecule has 3 rings (SSSR count). The van der Waals surface area contributed by atoms with Crippen molar-refractivity contribution in [3.8, 4) is 0 Å². The van der Waals surface area contributed by atoms with Gasteiger partial charge in [-0.3, -0.25) is 14.5 Å². The lowest BCUT2D eigenvalue weighted by atomic mass is 9.96. The summed E-state index contributed by atoms with van der Waals surface area (Å²) in [6.45, 7) is 2.17. The summed E-state index contributed by atoms with van der Waals surface area (Å²) in [5.74, 6) is -0.347. The largest absolute Gasteiger partial charge is 0.352 e. The van der Waals surface area contributed by atoms with Crippen LogP contribution >= 0.6 is 0 Å². The van der Waals surface area contributed by atoms with E-state index < -0.39 is 0 Å². The smallest absolute Gasteiger partial charge is 0.238 e. The molecule has 0 unspecified atom stereocenters. The van der Waals surface area contributed by atoms with E-state index in [1.54, 1.807) is 12.1 Å². The number of carbonyl (C=O) groups is 2. The summed E-state index contributed by atoms with van der Waals surface area (Å²) in [6.07, 6.45) is 1.46. The molecule has 142 valence electrons. The molecule has 2 N–H and O–H groups in total. The molecule has 1 saturated heterocycles. The van der Waals surface area contributed by atoms with E-state index in [1.807, 2.05) is 30.3 Å². The molecule has 0 spiro atoms. The molecule has 2 aromatic carbocycles. The van der Waals surface area contributed by atoms with Crippen molar-refractivity contribution in [3.05, 3.63) is 66.0 Å². The highest BCUT2D eigenvalue weighted by Crippen LogP contribution is 2.17. The molecule has 0 atom stereocenters. The highest BCUT2D eigenvalue weighted by atomic mass is 19.1. The second kappa shape index (κ2) is 9.28. The number of carbonyl (C=O) groups excluding carboxylic acids is 2. The molecule has 0 aromatic heterocycles. The molecule has 1 heterocycles. The van der Waals surface area contributed by atoms with Crippen LogP contribution in [0.4, 0.5) is 10.1 Å². The predicted octanol–water partition coefficient (Wildman–Crippen LogP) is 2.79. The number of rotatable bonds is 6. The first kappa shape index (κ1) is 19.0. The lowest BCUT2D eigenvalue weighted by Gasteiger charge is -2.30. The number of nitrogens with one attached hydrogen (secondary N) is 2. The van der Waals surface area contributed by atoms with Crippen LogP contribution in [0, 0.1) is 11.7 Å². The Bertz CT molecular complexity index is 757. The molecule has 0 aliphatic carbocycles. The summed E-state index contributed by atoms with van der Waals surface area (Å²) in [5.41, 5.74) is 1.66. The van der Waals surface area contributed by atoms with Crippen LogP contribution in [0.15, 0.2) is 54.6 Å². The first-order valence-electron chi connectivity index (χ1n) is 9.19. The minimum atomic E-state index is -0.284. The molecule has 1 aliphatic rings. The average molecular weight is 369 g/mol. The Morgan fingerprint density at radius 2 is 1.67 bits per heavy atom. The Balaban J connectivity index is 1.38. The number of anilines is 1. The Morgan fingerprint density at radius 3 is 2.33 bits per heavy atom. The predicted molar refractivity (Wildman–Crippen MR) is 102 cm³/mol. The molecule has 0 radical (unpaired) electrons. The van der Waals surface area contributed by atoms with Gasteiger partial charge in [-0.1, -0.05) is 30.3 Å². The number of para-hydroxylation sites is 1. The van der Waals surface area contributed by atoms with Gasteiger partial charge in [-0.25, -0.2) is 4.39 Å². The monoisotopic (exact) mass is 369 g/mol. The van der Waals surface area contributed by atoms with E-state index in [2.05, 4.69) is 15.5 Å². The summed E-state index contributed by atoms with van der Waals surface area (Å²) in [7, 11) is 0. The average Bonchev–Trinajstić information content (AvgIpc) is 2.68. The van der Waals surface area contributed by atoms with Gasteiger partial charge in [0.15, 0.2) is 0 Å². The van der Waals surface area contributed by atoms with E-state index in [4.69, 9.17) is 0 Å². The fourth-order valence-electron chi connectivity index (χ4n) is 3.21. The van der Waals surface area contributed by atoms with Crippen molar-refractivity contribution in [2.45, 2.75) is 19.4 Å². The van der Waals surface area contributed by atoms with Gasteiger partial charge in [0.25, 0.3) is 0 Å². The fraction of sp³-hybridized carbons (Fsp3) is 0.333. The summed E-state index contributed by atoms with van der Waals surface area (Å²) in [5, 5.41) is 5.80. The second-order valence-corrected chi connectivity index (χ2v) is 6.81. The van der Waals surface area contributed by atoms with E-state index in [1.165, 1.54) is 12.1 Å². The maximum atomic E-state index is 12.9. The molecule has 6 heteroatoms. The van der Waals surface area contributed by atoms with Crippen molar-refractivity contribution in [3.63, 3.8) is 0 Å². The molecular weight excluding hydrogens is 345 g/mol. The zero-order valence-electron chi connectivity index (χ0n) is 15.2. The Kier molecular flexibility index (Phi) is 6.54. The van der Waals surface area contributed by atoms with Crippen molar-refractivity contribution in [2.75, 3.05) is 25.0 Å². The Hall–Kier alpha value is -2.73. The summed E-state index contributed by atoms with van der Waals surface area (Å²) < 4.78 is 12.9. The van der Waals surface area contributed by atoms with E-state index in [0.717, 1.165) is 37.2 Å². The van der Waals surface area contributed by atoms with Gasteiger partial charge in [0.1, 0.15) is 5.82 Å². The summed E-state index contributed by atoms with van der Waals surface area (Å²) in [4.78, 5) is 26.5. The fourth-order valence-corrected chi connectivity index (χ4v) is 3.21. The highest BCUT2D eigenvalue weighted by Gasteiger charge is 2.25. The molecule has 27 heavy (non-hydrogen) atoms. The number of amides is 2. The number of hydrogen-bond acceptors (Lipinski definition) is 3. The zero-order chi connectivity index (χ0) is 19.1. The number of benzene rings is 2. The third-order valence-electron chi connectivity index (χ3n) is 4.76.